The second-order valence-electron chi connectivity index (χ2n) is 5.66. The summed E-state index contributed by atoms with van der Waals surface area (Å²) < 4.78 is 2.14. The average Bonchev–Trinajstić information content (AvgIpc) is 2.62. The van der Waals surface area contributed by atoms with Crippen molar-refractivity contribution in [3.05, 3.63) is 16.9 Å². The summed E-state index contributed by atoms with van der Waals surface area (Å²) in [6.45, 7) is 4.25. The van der Waals surface area contributed by atoms with Gasteiger partial charge in [-0.1, -0.05) is 37.8 Å². The Balaban J connectivity index is 2.27. The van der Waals surface area contributed by atoms with E-state index in [1.807, 2.05) is 13.2 Å². The van der Waals surface area contributed by atoms with Gasteiger partial charge in [0.25, 0.3) is 0 Å². The minimum atomic E-state index is 0.566. The Morgan fingerprint density at radius 3 is 2.89 bits per heavy atom. The minimum absolute atomic E-state index is 0.566. The lowest BCUT2D eigenvalue weighted by atomic mass is 9.85. The number of aromatic nitrogens is 2. The second-order valence-corrected chi connectivity index (χ2v) is 6.07. The molecule has 2 atom stereocenters. The maximum atomic E-state index is 6.43. The van der Waals surface area contributed by atoms with Gasteiger partial charge in [-0.3, -0.25) is 4.68 Å². The molecule has 1 fully saturated rings. The summed E-state index contributed by atoms with van der Waals surface area (Å²) >= 11 is 6.43. The molecule has 3 nitrogen and oxygen atoms in total. The van der Waals surface area contributed by atoms with Crippen molar-refractivity contribution >= 4 is 11.6 Å². The van der Waals surface area contributed by atoms with Crippen molar-refractivity contribution in [1.29, 1.82) is 0 Å². The Morgan fingerprint density at radius 2 is 2.16 bits per heavy atom. The Bertz CT molecular complexity index is 389. The molecule has 0 aromatic carbocycles. The third-order valence-electron chi connectivity index (χ3n) is 4.25. The Labute approximate surface area is 121 Å². The molecule has 0 aliphatic heterocycles. The molecule has 0 radical (unpaired) electrons. The molecule has 1 saturated carbocycles. The van der Waals surface area contributed by atoms with Crippen LogP contribution in [0.3, 0.4) is 0 Å². The highest BCUT2D eigenvalue weighted by atomic mass is 35.5. The van der Waals surface area contributed by atoms with E-state index in [4.69, 9.17) is 11.6 Å². The van der Waals surface area contributed by atoms with Crippen molar-refractivity contribution in [2.24, 2.45) is 5.92 Å². The van der Waals surface area contributed by atoms with Gasteiger partial charge in [-0.25, -0.2) is 0 Å². The van der Waals surface area contributed by atoms with E-state index in [1.165, 1.54) is 37.8 Å². The van der Waals surface area contributed by atoms with Crippen LogP contribution in [0.15, 0.2) is 6.20 Å². The second kappa shape index (κ2) is 7.30. The lowest BCUT2D eigenvalue weighted by Gasteiger charge is -2.26. The van der Waals surface area contributed by atoms with Crippen molar-refractivity contribution in [3.8, 4) is 0 Å². The highest BCUT2D eigenvalue weighted by molar-refractivity contribution is 6.31. The summed E-state index contributed by atoms with van der Waals surface area (Å²) in [4.78, 5) is 0. The molecule has 0 saturated heterocycles. The molecular formula is C15H26ClN3. The van der Waals surface area contributed by atoms with E-state index >= 15 is 0 Å². The highest BCUT2D eigenvalue weighted by Gasteiger charge is 2.29. The number of rotatable bonds is 5. The molecule has 1 aromatic rings. The molecule has 2 unspecified atom stereocenters. The van der Waals surface area contributed by atoms with Crippen LogP contribution in [0.2, 0.25) is 5.02 Å². The maximum Gasteiger partial charge on any atom is 0.0820 e. The average molecular weight is 284 g/mol. The molecule has 19 heavy (non-hydrogen) atoms. The number of nitrogens with one attached hydrogen (secondary N) is 1. The molecule has 4 heteroatoms. The van der Waals surface area contributed by atoms with Gasteiger partial charge in [-0.15, -0.1) is 0 Å². The zero-order chi connectivity index (χ0) is 13.7. The summed E-state index contributed by atoms with van der Waals surface area (Å²) in [7, 11) is 2.05. The van der Waals surface area contributed by atoms with E-state index in [1.54, 1.807) is 0 Å². The van der Waals surface area contributed by atoms with E-state index < -0.39 is 0 Å². The topological polar surface area (TPSA) is 29.9 Å². The SMILES string of the molecule is CCCn1ncc(Cl)c1C1CCCCCC1CNC. The first-order chi connectivity index (χ1) is 9.27. The fourth-order valence-corrected chi connectivity index (χ4v) is 3.66. The van der Waals surface area contributed by atoms with Gasteiger partial charge in [0.15, 0.2) is 0 Å². The van der Waals surface area contributed by atoms with Crippen molar-refractivity contribution < 1.29 is 0 Å². The van der Waals surface area contributed by atoms with Crippen LogP contribution in [0.25, 0.3) is 0 Å². The Kier molecular flexibility index (Phi) is 5.71. The number of hydrogen-bond donors (Lipinski definition) is 1. The van der Waals surface area contributed by atoms with Gasteiger partial charge in [0.1, 0.15) is 0 Å². The summed E-state index contributed by atoms with van der Waals surface area (Å²) in [5.74, 6) is 1.26. The van der Waals surface area contributed by atoms with Crippen LogP contribution < -0.4 is 5.32 Å². The first kappa shape index (κ1) is 14.9. The molecule has 1 N–H and O–H groups in total. The van der Waals surface area contributed by atoms with Crippen LogP contribution in [0.4, 0.5) is 0 Å². The molecule has 1 aliphatic rings. The van der Waals surface area contributed by atoms with Gasteiger partial charge in [0.05, 0.1) is 16.9 Å². The van der Waals surface area contributed by atoms with Crippen molar-refractivity contribution in [2.45, 2.75) is 57.9 Å². The van der Waals surface area contributed by atoms with Gasteiger partial charge in [-0.05, 0) is 38.8 Å². The minimum Gasteiger partial charge on any atom is -0.319 e. The number of aryl methyl sites for hydroxylation is 1. The maximum absolute atomic E-state index is 6.43. The molecule has 1 aromatic heterocycles. The van der Waals surface area contributed by atoms with Crippen LogP contribution in [0, 0.1) is 5.92 Å². The van der Waals surface area contributed by atoms with Gasteiger partial charge in [0, 0.05) is 12.5 Å². The third kappa shape index (κ3) is 3.51. The summed E-state index contributed by atoms with van der Waals surface area (Å²) in [6, 6.07) is 0. The summed E-state index contributed by atoms with van der Waals surface area (Å²) in [6.07, 6.45) is 9.51. The van der Waals surface area contributed by atoms with Crippen LogP contribution in [0.1, 0.15) is 57.1 Å². The van der Waals surface area contributed by atoms with E-state index in [-0.39, 0.29) is 0 Å². The molecule has 0 amide bonds. The largest absolute Gasteiger partial charge is 0.319 e. The monoisotopic (exact) mass is 283 g/mol. The predicted molar refractivity (Wildman–Crippen MR) is 80.8 cm³/mol. The van der Waals surface area contributed by atoms with E-state index in [9.17, 15) is 0 Å². The van der Waals surface area contributed by atoms with Gasteiger partial charge in [-0.2, -0.15) is 5.10 Å². The van der Waals surface area contributed by atoms with Crippen LogP contribution in [0.5, 0.6) is 0 Å². The third-order valence-corrected chi connectivity index (χ3v) is 4.54. The van der Waals surface area contributed by atoms with Crippen LogP contribution in [-0.4, -0.2) is 23.4 Å². The Hall–Kier alpha value is -0.540. The zero-order valence-corrected chi connectivity index (χ0v) is 12.9. The Morgan fingerprint density at radius 1 is 1.37 bits per heavy atom. The van der Waals surface area contributed by atoms with E-state index in [0.717, 1.165) is 24.5 Å². The summed E-state index contributed by atoms with van der Waals surface area (Å²) in [5, 5.41) is 8.69. The van der Waals surface area contributed by atoms with Crippen LogP contribution in [-0.2, 0) is 6.54 Å². The molecule has 2 rings (SSSR count). The number of nitrogens with zero attached hydrogens (tertiary/aromatic N) is 2. The standard InChI is InChI=1S/C15H26ClN3/c1-3-9-19-15(14(16)11-18-19)13-8-6-4-5-7-12(13)10-17-2/h11-13,17H,3-10H2,1-2H3. The first-order valence-corrected chi connectivity index (χ1v) is 8.01. The fourth-order valence-electron chi connectivity index (χ4n) is 3.38. The van der Waals surface area contributed by atoms with Crippen molar-refractivity contribution in [3.63, 3.8) is 0 Å². The zero-order valence-electron chi connectivity index (χ0n) is 12.2. The first-order valence-electron chi connectivity index (χ1n) is 7.63. The van der Waals surface area contributed by atoms with Gasteiger partial charge in [0.2, 0.25) is 0 Å². The lowest BCUT2D eigenvalue weighted by molar-refractivity contribution is 0.364. The van der Waals surface area contributed by atoms with Gasteiger partial charge < -0.3 is 5.32 Å². The number of halogens is 1. The van der Waals surface area contributed by atoms with E-state index in [0.29, 0.717) is 11.8 Å². The number of hydrogen-bond acceptors (Lipinski definition) is 2. The smallest absolute Gasteiger partial charge is 0.0820 e. The molecular weight excluding hydrogens is 258 g/mol. The van der Waals surface area contributed by atoms with Crippen LogP contribution >= 0.6 is 11.6 Å². The predicted octanol–water partition coefficient (Wildman–Crippen LogP) is 3.83. The molecule has 0 spiro atoms. The molecule has 1 heterocycles. The molecule has 108 valence electrons. The van der Waals surface area contributed by atoms with Crippen molar-refractivity contribution in [2.75, 3.05) is 13.6 Å². The van der Waals surface area contributed by atoms with Crippen molar-refractivity contribution in [1.82, 2.24) is 15.1 Å². The fraction of sp³-hybridized carbons (Fsp3) is 0.800. The molecule has 1 aliphatic carbocycles. The normalized spacial score (nSPS) is 24.4. The summed E-state index contributed by atoms with van der Waals surface area (Å²) in [5.41, 5.74) is 1.28. The quantitative estimate of drug-likeness (QED) is 0.833. The lowest BCUT2D eigenvalue weighted by Crippen LogP contribution is -2.26. The van der Waals surface area contributed by atoms with Gasteiger partial charge >= 0.3 is 0 Å². The highest BCUT2D eigenvalue weighted by Crippen LogP contribution is 2.39. The molecule has 0 bridgehead atoms. The van der Waals surface area contributed by atoms with E-state index in [2.05, 4.69) is 22.0 Å².